The minimum atomic E-state index is -0.996. The highest BCUT2D eigenvalue weighted by molar-refractivity contribution is 5.96. The molecule has 4 nitrogen and oxygen atoms in total. The van der Waals surface area contributed by atoms with E-state index in [2.05, 4.69) is 0 Å². The van der Waals surface area contributed by atoms with Gasteiger partial charge in [-0.3, -0.25) is 4.79 Å². The largest absolute Gasteiger partial charge is 0.477 e. The predicted octanol–water partition coefficient (Wildman–Crippen LogP) is 0.596. The minimum Gasteiger partial charge on any atom is -0.477 e. The first-order valence-electron chi connectivity index (χ1n) is 4.36. The van der Waals surface area contributed by atoms with Crippen LogP contribution in [0.25, 0.3) is 0 Å². The molecule has 4 heteroatoms. The maximum atomic E-state index is 11.1. The van der Waals surface area contributed by atoms with E-state index in [1.165, 1.54) is 4.90 Å². The highest BCUT2D eigenvalue weighted by Crippen LogP contribution is 2.34. The van der Waals surface area contributed by atoms with E-state index in [-0.39, 0.29) is 23.6 Å². The maximum Gasteiger partial charge on any atom is 0.352 e. The van der Waals surface area contributed by atoms with E-state index in [4.69, 9.17) is 5.11 Å². The predicted molar refractivity (Wildman–Crippen MR) is 44.8 cm³/mol. The number of carbonyl (C=O) groups is 2. The summed E-state index contributed by atoms with van der Waals surface area (Å²) in [6.07, 6.45) is 3.06. The normalized spacial score (nSPS) is 31.9. The van der Waals surface area contributed by atoms with Crippen molar-refractivity contribution in [3.05, 3.63) is 11.8 Å². The van der Waals surface area contributed by atoms with Crippen molar-refractivity contribution in [2.75, 3.05) is 0 Å². The molecule has 0 radical (unpaired) electrons. The molecule has 0 spiro atoms. The molecule has 70 valence electrons. The Kier molecular flexibility index (Phi) is 1.65. The molecular formula is C9H11NO3. The Morgan fingerprint density at radius 3 is 2.92 bits per heavy atom. The molecule has 0 aromatic rings. The fourth-order valence-electron chi connectivity index (χ4n) is 2.02. The summed E-state index contributed by atoms with van der Waals surface area (Å²) in [6, 6.07) is 0.138. The van der Waals surface area contributed by atoms with Gasteiger partial charge < -0.3 is 10.0 Å². The first kappa shape index (κ1) is 8.29. The molecule has 2 aliphatic rings. The number of hydrogen-bond donors (Lipinski definition) is 1. The highest BCUT2D eigenvalue weighted by Gasteiger charge is 2.43. The van der Waals surface area contributed by atoms with Gasteiger partial charge in [0.15, 0.2) is 0 Å². The second-order valence-corrected chi connectivity index (χ2v) is 3.69. The van der Waals surface area contributed by atoms with E-state index in [0.717, 1.165) is 6.42 Å². The van der Waals surface area contributed by atoms with Crippen LogP contribution in [0.4, 0.5) is 0 Å². The Bertz CT molecular complexity index is 308. The maximum absolute atomic E-state index is 11.1. The van der Waals surface area contributed by atoms with E-state index in [1.54, 1.807) is 6.08 Å². The third-order valence-corrected chi connectivity index (χ3v) is 2.61. The van der Waals surface area contributed by atoms with E-state index < -0.39 is 5.97 Å². The van der Waals surface area contributed by atoms with Crippen LogP contribution in [0.2, 0.25) is 0 Å². The number of carboxylic acid groups (broad SMARTS) is 1. The zero-order chi connectivity index (χ0) is 9.59. The summed E-state index contributed by atoms with van der Waals surface area (Å²) in [5.41, 5.74) is 0.167. The van der Waals surface area contributed by atoms with Gasteiger partial charge in [0, 0.05) is 12.5 Å². The Morgan fingerprint density at radius 1 is 1.69 bits per heavy atom. The lowest BCUT2D eigenvalue weighted by atomic mass is 9.86. The van der Waals surface area contributed by atoms with Crippen molar-refractivity contribution in [3.8, 4) is 0 Å². The number of hydrogen-bond acceptors (Lipinski definition) is 2. The number of allylic oxidation sites excluding steroid dienone is 1. The van der Waals surface area contributed by atoms with Crippen molar-refractivity contribution >= 4 is 11.9 Å². The van der Waals surface area contributed by atoms with E-state index in [0.29, 0.717) is 6.42 Å². The summed E-state index contributed by atoms with van der Waals surface area (Å²) < 4.78 is 0. The summed E-state index contributed by atoms with van der Waals surface area (Å²) >= 11 is 0. The van der Waals surface area contributed by atoms with Gasteiger partial charge in [0.25, 0.3) is 0 Å². The smallest absolute Gasteiger partial charge is 0.352 e. The molecule has 0 aromatic carbocycles. The Labute approximate surface area is 75.8 Å². The molecule has 0 unspecified atom stereocenters. The number of nitrogens with zero attached hydrogens (tertiary/aromatic N) is 1. The van der Waals surface area contributed by atoms with Crippen LogP contribution in [-0.2, 0) is 9.59 Å². The molecule has 1 fully saturated rings. The fraction of sp³-hybridized carbons (Fsp3) is 0.556. The minimum absolute atomic E-state index is 0.0643. The molecule has 0 aromatic heterocycles. The zero-order valence-electron chi connectivity index (χ0n) is 7.36. The molecule has 0 bridgehead atoms. The van der Waals surface area contributed by atoms with Crippen LogP contribution in [0.1, 0.15) is 19.8 Å². The Morgan fingerprint density at radius 2 is 2.38 bits per heavy atom. The fourth-order valence-corrected chi connectivity index (χ4v) is 2.02. The average Bonchev–Trinajstić information content (AvgIpc) is 2.01. The molecule has 0 saturated carbocycles. The van der Waals surface area contributed by atoms with Crippen molar-refractivity contribution < 1.29 is 14.7 Å². The molecule has 13 heavy (non-hydrogen) atoms. The molecule has 1 amide bonds. The first-order chi connectivity index (χ1) is 6.09. The van der Waals surface area contributed by atoms with Crippen LogP contribution < -0.4 is 0 Å². The second-order valence-electron chi connectivity index (χ2n) is 3.69. The number of aliphatic carboxylic acids is 1. The molecule has 2 aliphatic heterocycles. The van der Waals surface area contributed by atoms with E-state index in [1.807, 2.05) is 6.92 Å². The monoisotopic (exact) mass is 181 g/mol. The van der Waals surface area contributed by atoms with Crippen LogP contribution in [-0.4, -0.2) is 27.9 Å². The van der Waals surface area contributed by atoms with Crippen LogP contribution in [0.3, 0.4) is 0 Å². The average molecular weight is 181 g/mol. The topological polar surface area (TPSA) is 57.6 Å². The van der Waals surface area contributed by atoms with Gasteiger partial charge in [-0.05, 0) is 12.3 Å². The van der Waals surface area contributed by atoms with Crippen LogP contribution in [0.5, 0.6) is 0 Å². The lowest BCUT2D eigenvalue weighted by Gasteiger charge is -2.44. The highest BCUT2D eigenvalue weighted by atomic mass is 16.4. The number of carboxylic acids is 1. The lowest BCUT2D eigenvalue weighted by molar-refractivity contribution is -0.150. The summed E-state index contributed by atoms with van der Waals surface area (Å²) in [5.74, 6) is -0.796. The molecule has 1 N–H and O–H groups in total. The second kappa shape index (κ2) is 2.58. The number of β-lactam (4-membered cyclic amide) rings is 1. The number of amides is 1. The molecular weight excluding hydrogens is 170 g/mol. The van der Waals surface area contributed by atoms with Gasteiger partial charge in [0.05, 0.1) is 0 Å². The number of rotatable bonds is 1. The van der Waals surface area contributed by atoms with Gasteiger partial charge in [0.2, 0.25) is 5.91 Å². The molecule has 0 aliphatic carbocycles. The van der Waals surface area contributed by atoms with Gasteiger partial charge in [-0.2, -0.15) is 0 Å². The third kappa shape index (κ3) is 1.13. The Balaban J connectivity index is 2.30. The van der Waals surface area contributed by atoms with Crippen LogP contribution in [0.15, 0.2) is 11.8 Å². The summed E-state index contributed by atoms with van der Waals surface area (Å²) in [4.78, 5) is 23.3. The Hall–Kier alpha value is -1.32. The SMILES string of the molecule is C[C@H]1C=C(C(=O)O)N2C(=O)C[C@@H]2C1. The van der Waals surface area contributed by atoms with E-state index >= 15 is 0 Å². The van der Waals surface area contributed by atoms with Crippen molar-refractivity contribution in [2.45, 2.75) is 25.8 Å². The first-order valence-corrected chi connectivity index (χ1v) is 4.36. The van der Waals surface area contributed by atoms with Gasteiger partial charge in [0.1, 0.15) is 5.70 Å². The van der Waals surface area contributed by atoms with Gasteiger partial charge >= 0.3 is 5.97 Å². The molecule has 2 heterocycles. The van der Waals surface area contributed by atoms with Gasteiger partial charge in [-0.25, -0.2) is 4.79 Å². The third-order valence-electron chi connectivity index (χ3n) is 2.61. The molecule has 2 rings (SSSR count). The van der Waals surface area contributed by atoms with Crippen molar-refractivity contribution in [3.63, 3.8) is 0 Å². The zero-order valence-corrected chi connectivity index (χ0v) is 7.36. The molecule has 1 saturated heterocycles. The lowest BCUT2D eigenvalue weighted by Crippen LogP contribution is -2.55. The van der Waals surface area contributed by atoms with Crippen molar-refractivity contribution in [1.82, 2.24) is 4.90 Å². The van der Waals surface area contributed by atoms with Crippen LogP contribution >= 0.6 is 0 Å². The standard InChI is InChI=1S/C9H11NO3/c1-5-2-6-4-8(11)10(6)7(3-5)9(12)13/h3,5-6H,2,4H2,1H3,(H,12,13)/t5-,6+/m1/s1. The van der Waals surface area contributed by atoms with Gasteiger partial charge in [-0.1, -0.05) is 13.0 Å². The summed E-state index contributed by atoms with van der Waals surface area (Å²) in [6.45, 7) is 1.98. The quantitative estimate of drug-likeness (QED) is 0.602. The number of carbonyl (C=O) groups excluding carboxylic acids is 1. The summed E-state index contributed by atoms with van der Waals surface area (Å²) in [7, 11) is 0. The summed E-state index contributed by atoms with van der Waals surface area (Å²) in [5, 5.41) is 8.83. The van der Waals surface area contributed by atoms with Crippen molar-refractivity contribution in [1.29, 1.82) is 0 Å². The van der Waals surface area contributed by atoms with Gasteiger partial charge in [-0.15, -0.1) is 0 Å². The van der Waals surface area contributed by atoms with Crippen molar-refractivity contribution in [2.24, 2.45) is 5.92 Å². The van der Waals surface area contributed by atoms with Crippen LogP contribution in [0, 0.1) is 5.92 Å². The number of fused-ring (bicyclic) bond motifs is 1. The van der Waals surface area contributed by atoms with E-state index in [9.17, 15) is 9.59 Å². The molecule has 2 atom stereocenters.